The highest BCUT2D eigenvalue weighted by Crippen LogP contribution is 2.65. The smallest absolute Gasteiger partial charge is 0.289 e. The van der Waals surface area contributed by atoms with Gasteiger partial charge >= 0.3 is 0 Å². The van der Waals surface area contributed by atoms with Gasteiger partial charge in [-0.15, -0.1) is 4.91 Å². The van der Waals surface area contributed by atoms with Crippen LogP contribution in [0.4, 0.5) is 0 Å². The minimum atomic E-state index is -0.396. The zero-order valence-electron chi connectivity index (χ0n) is 14.3. The molecule has 4 rings (SSSR count). The van der Waals surface area contributed by atoms with Crippen molar-refractivity contribution in [3.8, 4) is 0 Å². The normalized spacial score (nSPS) is 51.5. The predicted octanol–water partition coefficient (Wildman–Crippen LogP) is 3.67. The van der Waals surface area contributed by atoms with Crippen molar-refractivity contribution < 1.29 is 4.79 Å². The summed E-state index contributed by atoms with van der Waals surface area (Å²) >= 11 is 0. The highest BCUT2D eigenvalue weighted by Gasteiger charge is 2.60. The van der Waals surface area contributed by atoms with Crippen molar-refractivity contribution in [2.75, 3.05) is 6.54 Å². The van der Waals surface area contributed by atoms with Gasteiger partial charge in [0.15, 0.2) is 0 Å². The molecular weight excluding hydrogens is 288 g/mol. The maximum absolute atomic E-state index is 12.0. The summed E-state index contributed by atoms with van der Waals surface area (Å²) in [6.45, 7) is 5.70. The lowest BCUT2D eigenvalue weighted by Crippen LogP contribution is -2.58. The molecule has 1 heterocycles. The molecule has 0 saturated heterocycles. The van der Waals surface area contributed by atoms with Gasteiger partial charge in [0, 0.05) is 29.1 Å². The van der Waals surface area contributed by atoms with E-state index in [1.54, 1.807) is 0 Å². The number of carbonyl (C=O) groups excluding carboxylic acids is 1. The van der Waals surface area contributed by atoms with E-state index in [0.29, 0.717) is 23.8 Å². The molecule has 3 fully saturated rings. The number of nitroso groups, excluding NO2 is 1. The lowest BCUT2D eigenvalue weighted by molar-refractivity contribution is -0.129. The fraction of sp³-hybridized carbons (Fsp3) is 0.842. The van der Waals surface area contributed by atoms with Crippen molar-refractivity contribution in [1.82, 2.24) is 5.32 Å². The Hall–Kier alpha value is -1.03. The molecule has 23 heavy (non-hydrogen) atoms. The van der Waals surface area contributed by atoms with E-state index in [2.05, 4.69) is 36.5 Å². The molecule has 4 nitrogen and oxygen atoms in total. The van der Waals surface area contributed by atoms with Gasteiger partial charge < -0.3 is 5.32 Å². The van der Waals surface area contributed by atoms with Gasteiger partial charge in [-0.2, -0.15) is 0 Å². The number of hydrogen-bond acceptors (Lipinski definition) is 3. The molecule has 2 unspecified atom stereocenters. The third-order valence-corrected chi connectivity index (χ3v) is 8.12. The first kappa shape index (κ1) is 15.5. The summed E-state index contributed by atoms with van der Waals surface area (Å²) in [4.78, 5) is 22.8. The van der Waals surface area contributed by atoms with Crippen LogP contribution in [0.5, 0.6) is 0 Å². The number of nitrogens with zero attached hydrogens (tertiary/aromatic N) is 1. The van der Waals surface area contributed by atoms with Crippen LogP contribution in [0.2, 0.25) is 0 Å². The third kappa shape index (κ3) is 2.03. The van der Waals surface area contributed by atoms with Crippen LogP contribution < -0.4 is 5.32 Å². The number of fused-ring (bicyclic) bond motifs is 5. The highest BCUT2D eigenvalue weighted by molar-refractivity contribution is 5.80. The molecule has 3 aliphatic carbocycles. The van der Waals surface area contributed by atoms with Gasteiger partial charge in [-0.25, -0.2) is 0 Å². The Bertz CT molecular complexity index is 560. The molecule has 126 valence electrons. The highest BCUT2D eigenvalue weighted by atomic mass is 16.3. The standard InChI is InChI=1S/C19H28N2O2/c1-18-10-8-14-12(13(18)5-6-15(18)17(22)21-23)4-7-16-19(14,2)9-3-11-20-16/h3,9,12-16,20H,4-8,10-11H2,1-2H3/t12-,13-,14+,15?,16?,18-,19+/m0/s1. The van der Waals surface area contributed by atoms with Crippen molar-refractivity contribution in [2.45, 2.75) is 58.4 Å². The average molecular weight is 316 g/mol. The molecule has 0 aromatic heterocycles. The summed E-state index contributed by atoms with van der Waals surface area (Å²) in [6, 6.07) is 0.605. The molecular formula is C19H28N2O2. The molecule has 0 aromatic carbocycles. The minimum absolute atomic E-state index is 0.00116. The van der Waals surface area contributed by atoms with Gasteiger partial charge in [0.2, 0.25) is 0 Å². The van der Waals surface area contributed by atoms with Gasteiger partial charge in [0.1, 0.15) is 0 Å². The van der Waals surface area contributed by atoms with E-state index in [1.165, 1.54) is 19.3 Å². The Labute approximate surface area is 138 Å². The van der Waals surface area contributed by atoms with E-state index in [9.17, 15) is 9.70 Å². The summed E-state index contributed by atoms with van der Waals surface area (Å²) in [5.74, 6) is 1.47. The first-order valence-corrected chi connectivity index (χ1v) is 9.29. The topological polar surface area (TPSA) is 58.5 Å². The molecule has 4 aliphatic rings. The first-order valence-electron chi connectivity index (χ1n) is 9.29. The van der Waals surface area contributed by atoms with Crippen molar-refractivity contribution in [1.29, 1.82) is 0 Å². The van der Waals surface area contributed by atoms with Crippen LogP contribution in [-0.4, -0.2) is 18.5 Å². The van der Waals surface area contributed by atoms with Crippen LogP contribution in [0.15, 0.2) is 17.3 Å². The van der Waals surface area contributed by atoms with Crippen LogP contribution in [0.1, 0.15) is 52.4 Å². The summed E-state index contributed by atoms with van der Waals surface area (Å²) in [5, 5.41) is 6.48. The molecule has 0 radical (unpaired) electrons. The molecule has 0 bridgehead atoms. The Morgan fingerprint density at radius 2 is 1.96 bits per heavy atom. The number of rotatable bonds is 1. The van der Waals surface area contributed by atoms with E-state index < -0.39 is 5.91 Å². The number of nitrogens with one attached hydrogen (secondary N) is 1. The summed E-state index contributed by atoms with van der Waals surface area (Å²) in [5.41, 5.74) is 0.259. The summed E-state index contributed by atoms with van der Waals surface area (Å²) < 4.78 is 0. The van der Waals surface area contributed by atoms with Gasteiger partial charge in [0.25, 0.3) is 5.91 Å². The number of amides is 1. The minimum Gasteiger partial charge on any atom is -0.310 e. The molecule has 1 N–H and O–H groups in total. The Morgan fingerprint density at radius 1 is 1.13 bits per heavy atom. The van der Waals surface area contributed by atoms with E-state index >= 15 is 0 Å². The molecule has 3 saturated carbocycles. The van der Waals surface area contributed by atoms with Crippen LogP contribution in [0.25, 0.3) is 0 Å². The van der Waals surface area contributed by atoms with Crippen LogP contribution in [0, 0.1) is 39.4 Å². The maximum atomic E-state index is 12.0. The lowest BCUT2D eigenvalue weighted by Gasteiger charge is -2.58. The Morgan fingerprint density at radius 3 is 2.74 bits per heavy atom. The van der Waals surface area contributed by atoms with Gasteiger partial charge in [-0.3, -0.25) is 4.79 Å². The Balaban J connectivity index is 1.65. The number of hydrogen-bond donors (Lipinski definition) is 1. The van der Waals surface area contributed by atoms with Crippen molar-refractivity contribution in [3.05, 3.63) is 17.1 Å². The summed E-state index contributed by atoms with van der Waals surface area (Å²) in [6.07, 6.45) is 11.5. The molecule has 1 amide bonds. The zero-order valence-corrected chi connectivity index (χ0v) is 14.3. The maximum Gasteiger partial charge on any atom is 0.289 e. The largest absolute Gasteiger partial charge is 0.310 e. The van der Waals surface area contributed by atoms with E-state index in [4.69, 9.17) is 0 Å². The average Bonchev–Trinajstić information content (AvgIpc) is 2.91. The van der Waals surface area contributed by atoms with Crippen molar-refractivity contribution in [3.63, 3.8) is 0 Å². The second-order valence-electron chi connectivity index (χ2n) is 8.79. The lowest BCUT2D eigenvalue weighted by atomic mass is 9.48. The van der Waals surface area contributed by atoms with Crippen LogP contribution >= 0.6 is 0 Å². The quantitative estimate of drug-likeness (QED) is 0.593. The van der Waals surface area contributed by atoms with Crippen LogP contribution in [0.3, 0.4) is 0 Å². The van der Waals surface area contributed by atoms with E-state index in [-0.39, 0.29) is 16.7 Å². The molecule has 0 aromatic rings. The first-order chi connectivity index (χ1) is 11.0. The Kier molecular flexibility index (Phi) is 3.53. The number of carbonyl (C=O) groups is 1. The SMILES string of the molecule is C[C@]12C=CCNC1CC[C@@H]1[C@H]2CC[C@]2(C)C(C(=O)N=O)CC[C@@H]12. The predicted molar refractivity (Wildman–Crippen MR) is 89.6 cm³/mol. The van der Waals surface area contributed by atoms with E-state index in [0.717, 1.165) is 25.8 Å². The third-order valence-electron chi connectivity index (χ3n) is 8.12. The second kappa shape index (κ2) is 5.23. The van der Waals surface area contributed by atoms with Gasteiger partial charge in [0.05, 0.1) is 0 Å². The van der Waals surface area contributed by atoms with Crippen molar-refractivity contribution >= 4 is 5.91 Å². The molecule has 0 spiro atoms. The zero-order chi connectivity index (χ0) is 16.2. The fourth-order valence-corrected chi connectivity index (χ4v) is 6.95. The monoisotopic (exact) mass is 316 g/mol. The summed E-state index contributed by atoms with van der Waals surface area (Å²) in [7, 11) is 0. The van der Waals surface area contributed by atoms with Gasteiger partial charge in [-0.1, -0.05) is 26.0 Å². The molecule has 4 heteroatoms. The van der Waals surface area contributed by atoms with Crippen molar-refractivity contribution in [2.24, 2.45) is 39.7 Å². The van der Waals surface area contributed by atoms with Crippen LogP contribution in [-0.2, 0) is 4.79 Å². The second-order valence-corrected chi connectivity index (χ2v) is 8.79. The van der Waals surface area contributed by atoms with E-state index in [1.807, 2.05) is 0 Å². The fourth-order valence-electron chi connectivity index (χ4n) is 6.95. The van der Waals surface area contributed by atoms with Gasteiger partial charge in [-0.05, 0) is 61.7 Å². The molecule has 1 aliphatic heterocycles. The molecule has 7 atom stereocenters.